The molecule has 106 valence electrons. The SMILES string of the molecule is [CH2-]CC[CH-]CC.[CH2-]CC[CH-]CCCC.[Cl][Zr][Cl]. The van der Waals surface area contributed by atoms with E-state index in [1.165, 1.54) is 38.5 Å². The van der Waals surface area contributed by atoms with Gasteiger partial charge in [-0.05, 0) is 0 Å². The van der Waals surface area contributed by atoms with E-state index in [2.05, 4.69) is 40.5 Å². The first-order chi connectivity index (χ1) is 8.24. The molecule has 0 spiro atoms. The summed E-state index contributed by atoms with van der Waals surface area (Å²) >= 11 is -0.826. The normalized spacial score (nSPS) is 8.59. The Morgan fingerprint density at radius 2 is 1.41 bits per heavy atom. The molecule has 0 amide bonds. The van der Waals surface area contributed by atoms with Crippen LogP contribution in [0.15, 0.2) is 0 Å². The summed E-state index contributed by atoms with van der Waals surface area (Å²) < 4.78 is 0. The van der Waals surface area contributed by atoms with Crippen molar-refractivity contribution in [2.75, 3.05) is 0 Å². The summed E-state index contributed by atoms with van der Waals surface area (Å²) in [6, 6.07) is 0. The zero-order valence-corrected chi connectivity index (χ0v) is 15.5. The van der Waals surface area contributed by atoms with Gasteiger partial charge in [-0.3, -0.25) is 0 Å². The van der Waals surface area contributed by atoms with Gasteiger partial charge in [0.25, 0.3) is 0 Å². The first-order valence-electron chi connectivity index (χ1n) is 6.43. The van der Waals surface area contributed by atoms with E-state index in [-0.39, 0.29) is 0 Å². The summed E-state index contributed by atoms with van der Waals surface area (Å²) in [5.74, 6) is 0. The predicted octanol–water partition coefficient (Wildman–Crippen LogP) is 6.59. The third kappa shape index (κ3) is 46.6. The first-order valence-corrected chi connectivity index (χ1v) is 12.8. The van der Waals surface area contributed by atoms with E-state index in [0.29, 0.717) is 0 Å². The van der Waals surface area contributed by atoms with Crippen LogP contribution in [0.2, 0.25) is 0 Å². The van der Waals surface area contributed by atoms with Crippen LogP contribution in [-0.4, -0.2) is 0 Å². The average Bonchev–Trinajstić information content (AvgIpc) is 2.34. The molecule has 0 nitrogen and oxygen atoms in total. The molecule has 17 heavy (non-hydrogen) atoms. The Morgan fingerprint density at radius 1 is 0.941 bits per heavy atom. The summed E-state index contributed by atoms with van der Waals surface area (Å²) in [6.07, 6.45) is 14.2. The van der Waals surface area contributed by atoms with Crippen LogP contribution in [0.25, 0.3) is 0 Å². The molecule has 0 radical (unpaired) electrons. The van der Waals surface area contributed by atoms with Gasteiger partial charge in [-0.25, -0.2) is 25.7 Å². The maximum atomic E-state index is 4.93. The molecular weight excluding hydrogens is 330 g/mol. The van der Waals surface area contributed by atoms with E-state index in [1.807, 2.05) is 0 Å². The molecular formula is C14H28Cl2Zr-4. The van der Waals surface area contributed by atoms with Gasteiger partial charge in [-0.2, -0.15) is 12.8 Å². The van der Waals surface area contributed by atoms with Crippen LogP contribution in [0.1, 0.15) is 65.2 Å². The van der Waals surface area contributed by atoms with Crippen molar-refractivity contribution in [3.05, 3.63) is 26.7 Å². The predicted molar refractivity (Wildman–Crippen MR) is 79.3 cm³/mol. The van der Waals surface area contributed by atoms with Crippen LogP contribution in [0.4, 0.5) is 0 Å². The molecule has 0 aliphatic heterocycles. The van der Waals surface area contributed by atoms with Crippen molar-refractivity contribution in [2.45, 2.75) is 65.2 Å². The van der Waals surface area contributed by atoms with Gasteiger partial charge in [0.15, 0.2) is 0 Å². The number of hydrogen-bond donors (Lipinski definition) is 0. The van der Waals surface area contributed by atoms with Gasteiger partial charge in [0.05, 0.1) is 0 Å². The molecule has 0 aromatic rings. The second kappa shape index (κ2) is 30.5. The molecule has 0 saturated carbocycles. The molecule has 0 bridgehead atoms. The molecule has 0 atom stereocenters. The van der Waals surface area contributed by atoms with Crippen LogP contribution >= 0.6 is 17.0 Å². The molecule has 0 N–H and O–H groups in total. The van der Waals surface area contributed by atoms with E-state index in [4.69, 9.17) is 17.0 Å². The summed E-state index contributed by atoms with van der Waals surface area (Å²) in [6.45, 7) is 11.8. The fourth-order valence-corrected chi connectivity index (χ4v) is 0.986. The summed E-state index contributed by atoms with van der Waals surface area (Å²) in [4.78, 5) is 0. The second-order valence-electron chi connectivity index (χ2n) is 3.48. The minimum atomic E-state index is -0.826. The quantitative estimate of drug-likeness (QED) is 0.339. The molecule has 0 aromatic carbocycles. The zero-order chi connectivity index (χ0) is 13.8. The monoisotopic (exact) mass is 356 g/mol. The van der Waals surface area contributed by atoms with Crippen molar-refractivity contribution in [2.24, 2.45) is 0 Å². The molecule has 0 aliphatic rings. The molecule has 0 unspecified atom stereocenters. The van der Waals surface area contributed by atoms with Crippen molar-refractivity contribution < 1.29 is 20.8 Å². The Kier molecular flexibility index (Phi) is 42.2. The Labute approximate surface area is 129 Å². The average molecular weight is 359 g/mol. The van der Waals surface area contributed by atoms with Crippen molar-refractivity contribution in [3.8, 4) is 0 Å². The van der Waals surface area contributed by atoms with E-state index >= 15 is 0 Å². The van der Waals surface area contributed by atoms with Gasteiger partial charge < -0.3 is 26.7 Å². The first kappa shape index (κ1) is 23.5. The van der Waals surface area contributed by atoms with E-state index in [1.54, 1.807) is 0 Å². The van der Waals surface area contributed by atoms with E-state index < -0.39 is 20.8 Å². The zero-order valence-electron chi connectivity index (χ0n) is 11.5. The Hall–Kier alpha value is 1.46. The fraction of sp³-hybridized carbons (Fsp3) is 0.714. The number of rotatable bonds is 8. The molecule has 0 fully saturated rings. The molecule has 0 rings (SSSR count). The van der Waals surface area contributed by atoms with Crippen LogP contribution in [0, 0.1) is 26.7 Å². The number of hydrogen-bond acceptors (Lipinski definition) is 0. The second-order valence-corrected chi connectivity index (χ2v) is 7.22. The van der Waals surface area contributed by atoms with Crippen molar-refractivity contribution in [1.82, 2.24) is 0 Å². The minimum absolute atomic E-state index is 0.826. The van der Waals surface area contributed by atoms with E-state index in [9.17, 15) is 0 Å². The summed E-state index contributed by atoms with van der Waals surface area (Å²) in [5.41, 5.74) is 0. The van der Waals surface area contributed by atoms with Crippen LogP contribution in [0.5, 0.6) is 0 Å². The summed E-state index contributed by atoms with van der Waals surface area (Å²) in [7, 11) is 9.87. The van der Waals surface area contributed by atoms with Gasteiger partial charge in [0.1, 0.15) is 0 Å². The third-order valence-corrected chi connectivity index (χ3v) is 1.87. The number of halogens is 2. The molecule has 0 heterocycles. The van der Waals surface area contributed by atoms with E-state index in [0.717, 1.165) is 12.8 Å². The molecule has 0 aromatic heterocycles. The van der Waals surface area contributed by atoms with Gasteiger partial charge in [-0.15, -0.1) is 0 Å². The van der Waals surface area contributed by atoms with Gasteiger partial charge in [-0.1, -0.05) is 26.7 Å². The van der Waals surface area contributed by atoms with Crippen molar-refractivity contribution >= 4 is 17.0 Å². The summed E-state index contributed by atoms with van der Waals surface area (Å²) in [5, 5.41) is 0. The molecule has 3 heteroatoms. The molecule has 0 aliphatic carbocycles. The van der Waals surface area contributed by atoms with Gasteiger partial charge in [0, 0.05) is 0 Å². The van der Waals surface area contributed by atoms with Gasteiger partial charge >= 0.3 is 37.9 Å². The molecule has 0 saturated heterocycles. The van der Waals surface area contributed by atoms with Crippen LogP contribution in [-0.2, 0) is 20.8 Å². The topological polar surface area (TPSA) is 0 Å². The third-order valence-electron chi connectivity index (χ3n) is 1.87. The number of unbranched alkanes of at least 4 members (excludes halogenated alkanes) is 8. The maximum absolute atomic E-state index is 4.93. The Morgan fingerprint density at radius 3 is 1.71 bits per heavy atom. The Balaban J connectivity index is -0.000000193. The Bertz CT molecular complexity index is 80.3. The van der Waals surface area contributed by atoms with Crippen molar-refractivity contribution in [1.29, 1.82) is 0 Å². The van der Waals surface area contributed by atoms with Crippen molar-refractivity contribution in [3.63, 3.8) is 0 Å². The fourth-order valence-electron chi connectivity index (χ4n) is 0.986. The van der Waals surface area contributed by atoms with Gasteiger partial charge in [0.2, 0.25) is 0 Å². The standard InChI is InChI=1S/C8H16.C6H12.2ClH.Zr/c1-3-5-7-8-6-4-2;1-3-5-6-4-2;;;/h7H,1,3-6,8H2,2H3;6H,1,3-5H2,2H3;2*1H;/q2*-2;;;+2/p-2. The van der Waals surface area contributed by atoms with Crippen LogP contribution in [0.3, 0.4) is 0 Å². The van der Waals surface area contributed by atoms with Crippen LogP contribution < -0.4 is 0 Å².